The number of benzene rings is 2. The lowest BCUT2D eigenvalue weighted by atomic mass is 9.94. The Kier molecular flexibility index (Phi) is 6.65. The highest BCUT2D eigenvalue weighted by molar-refractivity contribution is 5.82. The lowest BCUT2D eigenvalue weighted by Gasteiger charge is -2.31. The molecule has 2 aromatic carbocycles. The molecule has 1 aliphatic heterocycles. The van der Waals surface area contributed by atoms with Crippen molar-refractivity contribution in [2.45, 2.75) is 33.7 Å². The molecule has 4 rings (SSSR count). The zero-order valence-corrected chi connectivity index (χ0v) is 20.0. The number of hydrogen-bond acceptors (Lipinski definition) is 5. The fraction of sp³-hybridized carbons (Fsp3) is 0.250. The number of carbonyl (C=O) groups excluding carboxylic acids is 1. The molecule has 2 heterocycles. The van der Waals surface area contributed by atoms with Gasteiger partial charge in [-0.1, -0.05) is 48.0 Å². The summed E-state index contributed by atoms with van der Waals surface area (Å²) in [5.41, 5.74) is 8.23. The van der Waals surface area contributed by atoms with E-state index in [1.165, 1.54) is 29.9 Å². The van der Waals surface area contributed by atoms with Crippen molar-refractivity contribution in [3.63, 3.8) is 0 Å². The largest absolute Gasteiger partial charge is 0.466 e. The van der Waals surface area contributed by atoms with Crippen LogP contribution in [0.4, 0.5) is 5.82 Å². The molecular formula is C28H28N4O2. The first-order valence-electron chi connectivity index (χ1n) is 11.3. The van der Waals surface area contributed by atoms with Gasteiger partial charge in [0.2, 0.25) is 0 Å². The van der Waals surface area contributed by atoms with E-state index in [1.807, 2.05) is 36.7 Å². The molecule has 0 fully saturated rings. The molecule has 0 spiro atoms. The Bertz CT molecular complexity index is 1320. The van der Waals surface area contributed by atoms with E-state index < -0.39 is 0 Å². The number of nitriles is 1. The number of carbonyl (C=O) groups is 1. The average molecular weight is 453 g/mol. The molecule has 1 aromatic heterocycles. The third-order valence-electron chi connectivity index (χ3n) is 6.18. The maximum Gasteiger partial charge on any atom is 0.330 e. The van der Waals surface area contributed by atoms with Crippen LogP contribution < -0.4 is 4.90 Å². The molecule has 0 N–H and O–H groups in total. The second kappa shape index (κ2) is 9.80. The highest BCUT2D eigenvalue weighted by atomic mass is 16.5. The number of rotatable bonds is 5. The van der Waals surface area contributed by atoms with Crippen LogP contribution in [0, 0.1) is 25.2 Å². The van der Waals surface area contributed by atoms with E-state index in [1.54, 1.807) is 6.08 Å². The SMILES string of the molecule is COC(=O)/C=C/C=C(\C)c1ccc2c(c1)CCN(c1c(C#N)c(C)nn1-c1ccc(C)cc1)C2. The van der Waals surface area contributed by atoms with Crippen molar-refractivity contribution in [2.75, 3.05) is 18.6 Å². The van der Waals surface area contributed by atoms with Gasteiger partial charge in [0.1, 0.15) is 11.6 Å². The van der Waals surface area contributed by atoms with Crippen molar-refractivity contribution in [3.8, 4) is 11.8 Å². The molecular weight excluding hydrogens is 424 g/mol. The van der Waals surface area contributed by atoms with E-state index in [0.717, 1.165) is 41.3 Å². The van der Waals surface area contributed by atoms with Gasteiger partial charge < -0.3 is 9.64 Å². The van der Waals surface area contributed by atoms with Crippen LogP contribution in [-0.4, -0.2) is 29.4 Å². The normalized spacial score (nSPS) is 13.6. The van der Waals surface area contributed by atoms with Gasteiger partial charge in [-0.3, -0.25) is 0 Å². The van der Waals surface area contributed by atoms with Gasteiger partial charge in [0.05, 0.1) is 18.5 Å². The van der Waals surface area contributed by atoms with Crippen LogP contribution in [0.2, 0.25) is 0 Å². The van der Waals surface area contributed by atoms with Crippen LogP contribution in [0.1, 0.15) is 40.4 Å². The summed E-state index contributed by atoms with van der Waals surface area (Å²) < 4.78 is 6.53. The van der Waals surface area contributed by atoms with E-state index >= 15 is 0 Å². The summed E-state index contributed by atoms with van der Waals surface area (Å²) in [7, 11) is 1.37. The fourth-order valence-electron chi connectivity index (χ4n) is 4.22. The third kappa shape index (κ3) is 4.65. The zero-order chi connectivity index (χ0) is 24.2. The van der Waals surface area contributed by atoms with Crippen molar-refractivity contribution in [3.05, 3.63) is 94.2 Å². The highest BCUT2D eigenvalue weighted by Gasteiger charge is 2.25. The first-order chi connectivity index (χ1) is 16.4. The second-order valence-corrected chi connectivity index (χ2v) is 8.53. The molecule has 0 aliphatic carbocycles. The number of methoxy groups -OCH3 is 1. The Morgan fingerprint density at radius 2 is 1.91 bits per heavy atom. The molecule has 3 aromatic rings. The lowest BCUT2D eigenvalue weighted by molar-refractivity contribution is -0.134. The summed E-state index contributed by atoms with van der Waals surface area (Å²) in [5.74, 6) is 0.481. The molecule has 34 heavy (non-hydrogen) atoms. The number of fused-ring (bicyclic) bond motifs is 1. The topological polar surface area (TPSA) is 71.2 Å². The molecule has 0 bridgehead atoms. The van der Waals surface area contributed by atoms with Gasteiger partial charge in [0.25, 0.3) is 0 Å². The van der Waals surface area contributed by atoms with Gasteiger partial charge in [-0.15, -0.1) is 0 Å². The maximum absolute atomic E-state index is 11.3. The number of hydrogen-bond donors (Lipinski definition) is 0. The van der Waals surface area contributed by atoms with Crippen molar-refractivity contribution >= 4 is 17.4 Å². The van der Waals surface area contributed by atoms with Gasteiger partial charge >= 0.3 is 5.97 Å². The van der Waals surface area contributed by atoms with Crippen LogP contribution in [0.25, 0.3) is 11.3 Å². The first kappa shape index (κ1) is 23.1. The van der Waals surface area contributed by atoms with Gasteiger partial charge in [0, 0.05) is 19.2 Å². The predicted molar refractivity (Wildman–Crippen MR) is 134 cm³/mol. The average Bonchev–Trinajstić information content (AvgIpc) is 3.19. The maximum atomic E-state index is 11.3. The second-order valence-electron chi connectivity index (χ2n) is 8.53. The van der Waals surface area contributed by atoms with Crippen molar-refractivity contribution in [1.82, 2.24) is 9.78 Å². The molecule has 0 unspecified atom stereocenters. The number of nitrogens with zero attached hydrogens (tertiary/aromatic N) is 4. The summed E-state index contributed by atoms with van der Waals surface area (Å²) in [6.07, 6.45) is 5.90. The van der Waals surface area contributed by atoms with Gasteiger partial charge in [-0.05, 0) is 61.6 Å². The molecule has 0 radical (unpaired) electrons. The molecule has 6 heteroatoms. The lowest BCUT2D eigenvalue weighted by Crippen LogP contribution is -2.32. The minimum atomic E-state index is -0.369. The highest BCUT2D eigenvalue weighted by Crippen LogP contribution is 2.32. The number of aromatic nitrogens is 2. The van der Waals surface area contributed by atoms with Crippen LogP contribution in [0.15, 0.2) is 60.7 Å². The molecule has 172 valence electrons. The Labute approximate surface area is 200 Å². The number of ether oxygens (including phenoxy) is 1. The molecule has 6 nitrogen and oxygen atoms in total. The van der Waals surface area contributed by atoms with Crippen LogP contribution in [0.5, 0.6) is 0 Å². The molecule has 0 atom stereocenters. The van der Waals surface area contributed by atoms with Crippen LogP contribution in [0.3, 0.4) is 0 Å². The minimum absolute atomic E-state index is 0.369. The molecule has 0 saturated heterocycles. The van der Waals surface area contributed by atoms with Crippen molar-refractivity contribution in [1.29, 1.82) is 5.26 Å². The number of aryl methyl sites for hydroxylation is 2. The van der Waals surface area contributed by atoms with E-state index in [4.69, 9.17) is 5.10 Å². The third-order valence-corrected chi connectivity index (χ3v) is 6.18. The van der Waals surface area contributed by atoms with Gasteiger partial charge in [-0.2, -0.15) is 10.4 Å². The van der Waals surface area contributed by atoms with E-state index in [0.29, 0.717) is 12.1 Å². The summed E-state index contributed by atoms with van der Waals surface area (Å²) in [6, 6.07) is 17.1. The monoisotopic (exact) mass is 452 g/mol. The first-order valence-corrected chi connectivity index (χ1v) is 11.3. The molecule has 0 amide bonds. The Balaban J connectivity index is 1.63. The quantitative estimate of drug-likeness (QED) is 0.308. The molecule has 0 saturated carbocycles. The van der Waals surface area contributed by atoms with Crippen molar-refractivity contribution < 1.29 is 9.53 Å². The van der Waals surface area contributed by atoms with Gasteiger partial charge in [-0.25, -0.2) is 9.48 Å². The minimum Gasteiger partial charge on any atom is -0.466 e. The number of allylic oxidation sites excluding steroid dienone is 3. The summed E-state index contributed by atoms with van der Waals surface area (Å²) in [5, 5.41) is 14.6. The Morgan fingerprint density at radius 1 is 1.15 bits per heavy atom. The Hall–Kier alpha value is -4.11. The smallest absolute Gasteiger partial charge is 0.330 e. The summed E-state index contributed by atoms with van der Waals surface area (Å²) in [4.78, 5) is 13.5. The predicted octanol–water partition coefficient (Wildman–Crippen LogP) is 5.06. The van der Waals surface area contributed by atoms with Crippen LogP contribution in [-0.2, 0) is 22.5 Å². The van der Waals surface area contributed by atoms with E-state index in [-0.39, 0.29) is 5.97 Å². The zero-order valence-electron chi connectivity index (χ0n) is 20.0. The standard InChI is InChI=1S/C28H28N4O2/c1-19-8-12-25(13-9-19)32-28(26(17-29)21(3)30-32)31-15-14-23-16-22(10-11-24(23)18-31)20(2)6-5-7-27(33)34-4/h5-13,16H,14-15,18H2,1-4H3/b7-5+,20-6+. The fourth-order valence-corrected chi connectivity index (χ4v) is 4.22. The number of esters is 1. The summed E-state index contributed by atoms with van der Waals surface area (Å²) in [6.45, 7) is 7.49. The number of anilines is 1. The van der Waals surface area contributed by atoms with E-state index in [9.17, 15) is 10.1 Å². The summed E-state index contributed by atoms with van der Waals surface area (Å²) >= 11 is 0. The van der Waals surface area contributed by atoms with Crippen molar-refractivity contribution in [2.24, 2.45) is 0 Å². The van der Waals surface area contributed by atoms with E-state index in [2.05, 4.69) is 53.0 Å². The van der Waals surface area contributed by atoms with Crippen LogP contribution >= 0.6 is 0 Å². The Morgan fingerprint density at radius 3 is 2.62 bits per heavy atom. The van der Waals surface area contributed by atoms with Gasteiger partial charge in [0.15, 0.2) is 5.82 Å². The molecule has 1 aliphatic rings.